The maximum absolute atomic E-state index is 14.0. The van der Waals surface area contributed by atoms with Crippen molar-refractivity contribution >= 4 is 16.9 Å². The molecule has 0 bridgehead atoms. The number of ether oxygens (including phenoxy) is 1. The van der Waals surface area contributed by atoms with E-state index in [1.807, 2.05) is 12.1 Å². The van der Waals surface area contributed by atoms with Crippen LogP contribution < -0.4 is 4.74 Å². The van der Waals surface area contributed by atoms with Crippen LogP contribution >= 0.6 is 0 Å². The topological polar surface area (TPSA) is 62.3 Å². The molecule has 5 heteroatoms. The fourth-order valence-corrected chi connectivity index (χ4v) is 2.58. The van der Waals surface area contributed by atoms with Gasteiger partial charge < -0.3 is 14.8 Å². The fraction of sp³-hybridized carbons (Fsp3) is 0.118. The van der Waals surface area contributed by atoms with E-state index >= 15 is 0 Å². The van der Waals surface area contributed by atoms with Crippen LogP contribution in [0.4, 0.5) is 4.39 Å². The van der Waals surface area contributed by atoms with E-state index in [0.717, 1.165) is 5.56 Å². The molecule has 0 amide bonds. The van der Waals surface area contributed by atoms with Crippen LogP contribution in [-0.2, 0) is 11.2 Å². The molecule has 0 aliphatic heterocycles. The minimum Gasteiger partial charge on any atom is -0.497 e. The van der Waals surface area contributed by atoms with Gasteiger partial charge in [0.1, 0.15) is 11.6 Å². The molecule has 1 aromatic heterocycles. The van der Waals surface area contributed by atoms with E-state index in [-0.39, 0.29) is 6.42 Å². The molecule has 2 N–H and O–H groups in total. The first-order chi connectivity index (χ1) is 10.6. The number of para-hydroxylation sites is 1. The van der Waals surface area contributed by atoms with Gasteiger partial charge in [-0.05, 0) is 41.5 Å². The number of hydrogen-bond donors (Lipinski definition) is 2. The second-order valence-electron chi connectivity index (χ2n) is 4.94. The van der Waals surface area contributed by atoms with Gasteiger partial charge in [-0.25, -0.2) is 4.39 Å². The number of benzene rings is 2. The van der Waals surface area contributed by atoms with Crippen molar-refractivity contribution in [3.05, 3.63) is 53.8 Å². The van der Waals surface area contributed by atoms with Crippen LogP contribution in [0.5, 0.6) is 5.75 Å². The molecular weight excluding hydrogens is 285 g/mol. The van der Waals surface area contributed by atoms with E-state index in [2.05, 4.69) is 4.98 Å². The molecule has 0 spiro atoms. The van der Waals surface area contributed by atoms with Crippen LogP contribution in [0, 0.1) is 5.82 Å². The summed E-state index contributed by atoms with van der Waals surface area (Å²) in [4.78, 5) is 14.2. The number of aliphatic carboxylic acids is 1. The van der Waals surface area contributed by atoms with E-state index in [9.17, 15) is 9.18 Å². The van der Waals surface area contributed by atoms with Crippen molar-refractivity contribution in [2.75, 3.05) is 7.11 Å². The molecule has 4 nitrogen and oxygen atoms in total. The predicted molar refractivity (Wildman–Crippen MR) is 81.6 cm³/mol. The Morgan fingerprint density at radius 2 is 1.95 bits per heavy atom. The highest BCUT2D eigenvalue weighted by Gasteiger charge is 2.17. The molecule has 0 saturated carbocycles. The third-order valence-corrected chi connectivity index (χ3v) is 3.60. The van der Waals surface area contributed by atoms with Gasteiger partial charge in [-0.3, -0.25) is 4.79 Å². The largest absolute Gasteiger partial charge is 0.497 e. The molecule has 0 fully saturated rings. The summed E-state index contributed by atoms with van der Waals surface area (Å²) >= 11 is 0. The molecule has 0 radical (unpaired) electrons. The van der Waals surface area contributed by atoms with Crippen LogP contribution in [0.25, 0.3) is 22.2 Å². The zero-order chi connectivity index (χ0) is 15.7. The molecule has 0 saturated heterocycles. The van der Waals surface area contributed by atoms with Gasteiger partial charge in [-0.1, -0.05) is 12.1 Å². The number of hydrogen-bond acceptors (Lipinski definition) is 2. The van der Waals surface area contributed by atoms with Crippen molar-refractivity contribution in [3.8, 4) is 17.0 Å². The molecule has 0 unspecified atom stereocenters. The van der Waals surface area contributed by atoms with Crippen molar-refractivity contribution in [3.63, 3.8) is 0 Å². The summed E-state index contributed by atoms with van der Waals surface area (Å²) in [7, 11) is 1.57. The van der Waals surface area contributed by atoms with Crippen molar-refractivity contribution in [1.82, 2.24) is 4.98 Å². The lowest BCUT2D eigenvalue weighted by Gasteiger charge is -2.04. The third kappa shape index (κ3) is 2.41. The average Bonchev–Trinajstić information content (AvgIpc) is 2.87. The molecule has 3 aromatic rings. The van der Waals surface area contributed by atoms with Gasteiger partial charge in [0.05, 0.1) is 24.7 Å². The lowest BCUT2D eigenvalue weighted by atomic mass is 10.0. The Morgan fingerprint density at radius 3 is 2.59 bits per heavy atom. The smallest absolute Gasteiger partial charge is 0.307 e. The van der Waals surface area contributed by atoms with Gasteiger partial charge in [0.2, 0.25) is 0 Å². The molecular formula is C17H14FNO3. The highest BCUT2D eigenvalue weighted by Crippen LogP contribution is 2.32. The fourth-order valence-electron chi connectivity index (χ4n) is 2.58. The Labute approximate surface area is 126 Å². The number of carbonyl (C=O) groups is 1. The molecule has 0 aliphatic carbocycles. The number of aromatic nitrogens is 1. The number of carboxylic acids is 1. The van der Waals surface area contributed by atoms with Crippen LogP contribution in [0.3, 0.4) is 0 Å². The average molecular weight is 299 g/mol. The number of rotatable bonds is 4. The number of aromatic amines is 1. The predicted octanol–water partition coefficient (Wildman–Crippen LogP) is 3.61. The SMILES string of the molecule is COc1ccc(-c2[nH]c3c(F)cccc3c2CC(=O)O)cc1. The van der Waals surface area contributed by atoms with Crippen molar-refractivity contribution in [1.29, 1.82) is 0 Å². The summed E-state index contributed by atoms with van der Waals surface area (Å²) < 4.78 is 19.1. The second kappa shape index (κ2) is 5.52. The van der Waals surface area contributed by atoms with Gasteiger partial charge in [0.15, 0.2) is 0 Å². The number of methoxy groups -OCH3 is 1. The molecule has 0 aliphatic rings. The Bertz CT molecular complexity index is 837. The summed E-state index contributed by atoms with van der Waals surface area (Å²) in [6.07, 6.45) is -0.176. The van der Waals surface area contributed by atoms with E-state index in [1.165, 1.54) is 6.07 Å². The van der Waals surface area contributed by atoms with Crippen LogP contribution in [0.15, 0.2) is 42.5 Å². The zero-order valence-electron chi connectivity index (χ0n) is 11.9. The minimum absolute atomic E-state index is 0.176. The van der Waals surface area contributed by atoms with E-state index < -0.39 is 11.8 Å². The van der Waals surface area contributed by atoms with Crippen molar-refractivity contribution < 1.29 is 19.0 Å². The van der Waals surface area contributed by atoms with E-state index in [4.69, 9.17) is 9.84 Å². The number of nitrogens with one attached hydrogen (secondary N) is 1. The van der Waals surface area contributed by atoms with Gasteiger partial charge in [0.25, 0.3) is 0 Å². The number of H-pyrrole nitrogens is 1. The molecule has 0 atom stereocenters. The number of carboxylic acid groups (broad SMARTS) is 1. The third-order valence-electron chi connectivity index (χ3n) is 3.60. The van der Waals surface area contributed by atoms with Crippen LogP contribution in [-0.4, -0.2) is 23.2 Å². The first kappa shape index (κ1) is 14.1. The summed E-state index contributed by atoms with van der Waals surface area (Å²) in [5.74, 6) is -0.658. The first-order valence-electron chi connectivity index (χ1n) is 6.75. The van der Waals surface area contributed by atoms with Crippen molar-refractivity contribution in [2.24, 2.45) is 0 Å². The molecule has 1 heterocycles. The van der Waals surface area contributed by atoms with Gasteiger partial charge in [-0.2, -0.15) is 0 Å². The molecule has 3 rings (SSSR count). The highest BCUT2D eigenvalue weighted by atomic mass is 19.1. The van der Waals surface area contributed by atoms with E-state index in [1.54, 1.807) is 31.4 Å². The lowest BCUT2D eigenvalue weighted by molar-refractivity contribution is -0.136. The van der Waals surface area contributed by atoms with Gasteiger partial charge >= 0.3 is 5.97 Å². The Morgan fingerprint density at radius 1 is 1.23 bits per heavy atom. The lowest BCUT2D eigenvalue weighted by Crippen LogP contribution is -2.00. The maximum Gasteiger partial charge on any atom is 0.307 e. The molecule has 2 aromatic carbocycles. The highest BCUT2D eigenvalue weighted by molar-refractivity contribution is 5.94. The summed E-state index contributed by atoms with van der Waals surface area (Å²) in [5.41, 5.74) is 2.30. The summed E-state index contributed by atoms with van der Waals surface area (Å²) in [6.45, 7) is 0. The Hall–Kier alpha value is -2.82. The number of fused-ring (bicyclic) bond motifs is 1. The van der Waals surface area contributed by atoms with Crippen LogP contribution in [0.2, 0.25) is 0 Å². The Balaban J connectivity index is 2.22. The normalized spacial score (nSPS) is 10.8. The van der Waals surface area contributed by atoms with E-state index in [0.29, 0.717) is 27.9 Å². The van der Waals surface area contributed by atoms with Crippen molar-refractivity contribution in [2.45, 2.75) is 6.42 Å². The Kier molecular flexibility index (Phi) is 3.55. The summed E-state index contributed by atoms with van der Waals surface area (Å²) in [5, 5.41) is 9.73. The van der Waals surface area contributed by atoms with Gasteiger partial charge in [0, 0.05) is 5.39 Å². The molecule has 112 valence electrons. The number of halogens is 1. The first-order valence-corrected chi connectivity index (χ1v) is 6.75. The quantitative estimate of drug-likeness (QED) is 0.773. The van der Waals surface area contributed by atoms with Gasteiger partial charge in [-0.15, -0.1) is 0 Å². The minimum atomic E-state index is -0.958. The molecule has 22 heavy (non-hydrogen) atoms. The van der Waals surface area contributed by atoms with Crippen LogP contribution in [0.1, 0.15) is 5.56 Å². The standard InChI is InChI=1S/C17H14FNO3/c1-22-11-7-5-10(6-8-11)16-13(9-15(20)21)12-3-2-4-14(18)17(12)19-16/h2-8,19H,9H2,1H3,(H,20,21). The monoisotopic (exact) mass is 299 g/mol. The maximum atomic E-state index is 14.0. The zero-order valence-corrected chi connectivity index (χ0v) is 11.9. The summed E-state index contributed by atoms with van der Waals surface area (Å²) in [6, 6.07) is 11.8. The second-order valence-corrected chi connectivity index (χ2v) is 4.94.